The van der Waals surface area contributed by atoms with Crippen LogP contribution in [-0.2, 0) is 16.1 Å². The number of aryl methyl sites for hydroxylation is 1. The minimum atomic E-state index is -0.869. The lowest BCUT2D eigenvalue weighted by Gasteiger charge is -2.52. The summed E-state index contributed by atoms with van der Waals surface area (Å²) in [6, 6.07) is 6.65. The molecule has 2 saturated heterocycles. The lowest BCUT2D eigenvalue weighted by Crippen LogP contribution is -2.75. The fourth-order valence-corrected chi connectivity index (χ4v) is 7.33. The van der Waals surface area contributed by atoms with Gasteiger partial charge < -0.3 is 20.2 Å². The standard InChI is InChI=1S/C33H48N6O4.2ClH/c1-6-18-38-31(42)28(29(40)24-10-8-7-9-11-24)34-32(43)33(38)16-19-37(20-17-33)21-27-22(2)35-39(23(27)3)26-14-12-25(13-15-26)30(41)36(4)5;;/h12-15,24,28-29,40H,6-11,16-21H2,1-5H3,(H,34,43);2*1H/t28-,29-;;/m1../s1. The van der Waals surface area contributed by atoms with Crippen molar-refractivity contribution in [3.05, 3.63) is 46.8 Å². The first-order valence-corrected chi connectivity index (χ1v) is 16.0. The van der Waals surface area contributed by atoms with E-state index in [1.54, 1.807) is 23.9 Å². The number of carbonyl (C=O) groups is 3. The monoisotopic (exact) mass is 664 g/mol. The molecule has 250 valence electrons. The average molecular weight is 666 g/mol. The van der Waals surface area contributed by atoms with Crippen molar-refractivity contribution in [1.82, 2.24) is 29.8 Å². The summed E-state index contributed by atoms with van der Waals surface area (Å²) in [7, 11) is 3.48. The lowest BCUT2D eigenvalue weighted by molar-refractivity contribution is -0.165. The third kappa shape index (κ3) is 7.19. The van der Waals surface area contributed by atoms with Crippen LogP contribution in [0.1, 0.15) is 85.6 Å². The maximum atomic E-state index is 13.8. The van der Waals surface area contributed by atoms with Crippen molar-refractivity contribution < 1.29 is 19.5 Å². The van der Waals surface area contributed by atoms with E-state index >= 15 is 0 Å². The number of halogens is 2. The number of piperazine rings is 1. The second-order valence-electron chi connectivity index (χ2n) is 12.9. The fraction of sp³-hybridized carbons (Fsp3) is 0.636. The highest BCUT2D eigenvalue weighted by atomic mass is 35.5. The molecule has 2 atom stereocenters. The van der Waals surface area contributed by atoms with Crippen molar-refractivity contribution in [3.63, 3.8) is 0 Å². The summed E-state index contributed by atoms with van der Waals surface area (Å²) in [4.78, 5) is 45.6. The third-order valence-corrected chi connectivity index (χ3v) is 9.95. The molecular weight excluding hydrogens is 615 g/mol. The van der Waals surface area contributed by atoms with Crippen molar-refractivity contribution in [3.8, 4) is 5.69 Å². The van der Waals surface area contributed by atoms with Crippen LogP contribution >= 0.6 is 24.8 Å². The zero-order chi connectivity index (χ0) is 30.9. The van der Waals surface area contributed by atoms with E-state index in [4.69, 9.17) is 5.10 Å². The molecule has 2 N–H and O–H groups in total. The van der Waals surface area contributed by atoms with Gasteiger partial charge in [-0.05, 0) is 76.1 Å². The number of nitrogens with one attached hydrogen (secondary N) is 1. The summed E-state index contributed by atoms with van der Waals surface area (Å²) in [5.74, 6) is -0.214. The number of nitrogens with zero attached hydrogens (tertiary/aromatic N) is 5. The molecule has 3 aliphatic rings. The highest BCUT2D eigenvalue weighted by Gasteiger charge is 2.55. The van der Waals surface area contributed by atoms with E-state index in [0.717, 1.165) is 54.7 Å². The molecule has 1 aromatic heterocycles. The van der Waals surface area contributed by atoms with E-state index < -0.39 is 17.7 Å². The molecule has 10 nitrogen and oxygen atoms in total. The van der Waals surface area contributed by atoms with Crippen LogP contribution in [0.5, 0.6) is 0 Å². The number of hydrogen-bond donors (Lipinski definition) is 2. The maximum absolute atomic E-state index is 13.8. The van der Waals surface area contributed by atoms with E-state index in [1.807, 2.05) is 42.8 Å². The number of amides is 3. The van der Waals surface area contributed by atoms with Crippen LogP contribution in [0.25, 0.3) is 5.69 Å². The van der Waals surface area contributed by atoms with Crippen LogP contribution in [0.15, 0.2) is 24.3 Å². The Morgan fingerprint density at radius 2 is 1.69 bits per heavy atom. The summed E-state index contributed by atoms with van der Waals surface area (Å²) in [6.45, 7) is 8.70. The molecule has 3 heterocycles. The van der Waals surface area contributed by atoms with E-state index in [9.17, 15) is 19.5 Å². The zero-order valence-electron chi connectivity index (χ0n) is 27.3. The number of carbonyl (C=O) groups excluding carboxylic acids is 3. The van der Waals surface area contributed by atoms with Crippen LogP contribution in [-0.4, -0.2) is 98.7 Å². The fourth-order valence-electron chi connectivity index (χ4n) is 7.33. The normalized spacial score (nSPS) is 21.1. The van der Waals surface area contributed by atoms with Crippen LogP contribution in [0.4, 0.5) is 0 Å². The zero-order valence-corrected chi connectivity index (χ0v) is 28.9. The number of benzene rings is 1. The molecule has 3 amide bonds. The molecule has 0 radical (unpaired) electrons. The first-order valence-electron chi connectivity index (χ1n) is 16.0. The first kappa shape index (κ1) is 36.8. The van der Waals surface area contributed by atoms with Gasteiger partial charge in [0.2, 0.25) is 11.8 Å². The molecule has 12 heteroatoms. The molecule has 45 heavy (non-hydrogen) atoms. The summed E-state index contributed by atoms with van der Waals surface area (Å²) >= 11 is 0. The predicted octanol–water partition coefficient (Wildman–Crippen LogP) is 4.05. The number of rotatable bonds is 8. The van der Waals surface area contributed by atoms with Crippen LogP contribution < -0.4 is 5.32 Å². The van der Waals surface area contributed by atoms with Crippen LogP contribution in [0.2, 0.25) is 0 Å². The Labute approximate surface area is 279 Å². The minimum Gasteiger partial charge on any atom is -0.390 e. The Morgan fingerprint density at radius 3 is 2.27 bits per heavy atom. The Kier molecular flexibility index (Phi) is 12.5. The molecule has 1 aromatic carbocycles. The summed E-state index contributed by atoms with van der Waals surface area (Å²) < 4.78 is 1.92. The SMILES string of the molecule is CCCN1C(=O)[C@@H]([C@H](O)C2CCCCC2)NC(=O)C12CCN(Cc1c(C)nn(-c3ccc(C(=O)N(C)C)cc3)c1C)CC2.Cl.Cl. The molecule has 1 spiro atoms. The number of aliphatic hydroxyl groups is 1. The largest absolute Gasteiger partial charge is 0.390 e. The van der Waals surface area contributed by atoms with Gasteiger partial charge in [-0.3, -0.25) is 19.3 Å². The van der Waals surface area contributed by atoms with Gasteiger partial charge in [-0.15, -0.1) is 24.8 Å². The summed E-state index contributed by atoms with van der Waals surface area (Å²) in [6.07, 6.45) is 6.17. The third-order valence-electron chi connectivity index (χ3n) is 9.95. The van der Waals surface area contributed by atoms with Gasteiger partial charge >= 0.3 is 0 Å². The molecule has 1 aliphatic carbocycles. The van der Waals surface area contributed by atoms with Crippen molar-refractivity contribution in [1.29, 1.82) is 0 Å². The Balaban J connectivity index is 0.00000276. The number of aliphatic hydroxyl groups excluding tert-OH is 1. The molecule has 2 aromatic rings. The number of hydrogen-bond acceptors (Lipinski definition) is 6. The molecule has 0 unspecified atom stereocenters. The van der Waals surface area contributed by atoms with E-state index in [-0.39, 0.29) is 48.5 Å². The van der Waals surface area contributed by atoms with Gasteiger partial charge in [0.05, 0.1) is 17.5 Å². The van der Waals surface area contributed by atoms with Gasteiger partial charge in [0.25, 0.3) is 5.91 Å². The van der Waals surface area contributed by atoms with Crippen molar-refractivity contribution in [2.75, 3.05) is 33.7 Å². The topological polar surface area (TPSA) is 111 Å². The Morgan fingerprint density at radius 1 is 1.07 bits per heavy atom. The van der Waals surface area contributed by atoms with Gasteiger partial charge in [-0.2, -0.15) is 5.10 Å². The quantitative estimate of drug-likeness (QED) is 0.441. The molecular formula is C33H50Cl2N6O4. The number of piperidine rings is 1. The van der Waals surface area contributed by atoms with Crippen molar-refractivity contribution in [2.24, 2.45) is 5.92 Å². The number of likely N-dealkylation sites (tertiary alicyclic amines) is 1. The molecule has 0 bridgehead atoms. The second kappa shape index (κ2) is 15.3. The van der Waals surface area contributed by atoms with Gasteiger partial charge in [-0.1, -0.05) is 26.2 Å². The molecule has 3 fully saturated rings. The summed E-state index contributed by atoms with van der Waals surface area (Å²) in [5.41, 5.74) is 3.81. The van der Waals surface area contributed by atoms with Gasteiger partial charge in [0, 0.05) is 57.1 Å². The highest BCUT2D eigenvalue weighted by Crippen LogP contribution is 2.36. The van der Waals surface area contributed by atoms with E-state index in [1.165, 1.54) is 6.42 Å². The number of aromatic nitrogens is 2. The van der Waals surface area contributed by atoms with Gasteiger partial charge in [0.1, 0.15) is 11.6 Å². The first-order chi connectivity index (χ1) is 20.6. The van der Waals surface area contributed by atoms with Crippen LogP contribution in [0.3, 0.4) is 0 Å². The maximum Gasteiger partial charge on any atom is 0.253 e. The summed E-state index contributed by atoms with van der Waals surface area (Å²) in [5, 5.41) is 19.0. The smallest absolute Gasteiger partial charge is 0.253 e. The van der Waals surface area contributed by atoms with Gasteiger partial charge in [0.15, 0.2) is 0 Å². The van der Waals surface area contributed by atoms with Crippen molar-refractivity contribution in [2.45, 2.75) is 96.4 Å². The molecule has 5 rings (SSSR count). The lowest BCUT2D eigenvalue weighted by atomic mass is 9.78. The molecule has 2 aliphatic heterocycles. The van der Waals surface area contributed by atoms with Gasteiger partial charge in [-0.25, -0.2) is 4.68 Å². The molecule has 1 saturated carbocycles. The van der Waals surface area contributed by atoms with E-state index in [2.05, 4.69) is 17.1 Å². The second-order valence-corrected chi connectivity index (χ2v) is 12.9. The van der Waals surface area contributed by atoms with Crippen molar-refractivity contribution >= 4 is 42.5 Å². The minimum absolute atomic E-state index is 0. The highest BCUT2D eigenvalue weighted by molar-refractivity contribution is 6.00. The average Bonchev–Trinajstić information content (AvgIpc) is 3.30. The van der Waals surface area contributed by atoms with E-state index in [0.29, 0.717) is 44.6 Å². The Hall–Kier alpha value is -2.66. The predicted molar refractivity (Wildman–Crippen MR) is 179 cm³/mol. The van der Waals surface area contributed by atoms with Crippen LogP contribution in [0, 0.1) is 19.8 Å². The Bertz CT molecular complexity index is 1330.